The SMILES string of the molecule is O=[N+]([O-])C1=Cc2c3c1cccc3cc1ccc3ccccc3c21. The van der Waals surface area contributed by atoms with Gasteiger partial charge in [0.25, 0.3) is 5.70 Å². The van der Waals surface area contributed by atoms with E-state index in [2.05, 4.69) is 30.3 Å². The molecule has 3 nitrogen and oxygen atoms in total. The van der Waals surface area contributed by atoms with Gasteiger partial charge in [-0.15, -0.1) is 0 Å². The number of rotatable bonds is 1. The molecule has 0 saturated carbocycles. The van der Waals surface area contributed by atoms with Gasteiger partial charge in [0, 0.05) is 11.5 Å². The summed E-state index contributed by atoms with van der Waals surface area (Å²) in [5.41, 5.74) is 1.87. The Morgan fingerprint density at radius 2 is 1.52 bits per heavy atom. The van der Waals surface area contributed by atoms with Crippen LogP contribution in [0.15, 0.2) is 60.7 Å². The second-order valence-electron chi connectivity index (χ2n) is 5.87. The van der Waals surface area contributed by atoms with Crippen molar-refractivity contribution < 1.29 is 4.92 Å². The van der Waals surface area contributed by atoms with Crippen molar-refractivity contribution in [3.8, 4) is 0 Å². The molecule has 0 unspecified atom stereocenters. The van der Waals surface area contributed by atoms with Gasteiger partial charge in [-0.1, -0.05) is 48.5 Å². The molecular weight excluding hydrogens is 286 g/mol. The van der Waals surface area contributed by atoms with E-state index in [4.69, 9.17) is 0 Å². The molecular formula is C20H11NO2. The first-order valence-corrected chi connectivity index (χ1v) is 7.48. The lowest BCUT2D eigenvalue weighted by Crippen LogP contribution is -1.94. The normalized spacial score (nSPS) is 13.0. The lowest BCUT2D eigenvalue weighted by molar-refractivity contribution is -0.374. The van der Waals surface area contributed by atoms with E-state index in [1.807, 2.05) is 30.3 Å². The second-order valence-corrected chi connectivity index (χ2v) is 5.87. The molecule has 23 heavy (non-hydrogen) atoms. The van der Waals surface area contributed by atoms with Crippen LogP contribution in [0.3, 0.4) is 0 Å². The van der Waals surface area contributed by atoms with Crippen molar-refractivity contribution in [2.45, 2.75) is 0 Å². The van der Waals surface area contributed by atoms with Crippen LogP contribution in [0.5, 0.6) is 0 Å². The third-order valence-electron chi connectivity index (χ3n) is 4.66. The fourth-order valence-electron chi connectivity index (χ4n) is 3.72. The van der Waals surface area contributed by atoms with Gasteiger partial charge in [-0.05, 0) is 44.6 Å². The molecule has 0 fully saturated rings. The molecule has 0 radical (unpaired) electrons. The minimum Gasteiger partial charge on any atom is -0.258 e. The summed E-state index contributed by atoms with van der Waals surface area (Å²) in [6.07, 6.45) is 1.73. The summed E-state index contributed by atoms with van der Waals surface area (Å²) in [5, 5.41) is 18.0. The van der Waals surface area contributed by atoms with Crippen LogP contribution in [-0.4, -0.2) is 4.92 Å². The predicted molar refractivity (Wildman–Crippen MR) is 93.8 cm³/mol. The molecule has 0 heterocycles. The third-order valence-corrected chi connectivity index (χ3v) is 4.66. The van der Waals surface area contributed by atoms with E-state index in [1.165, 1.54) is 0 Å². The van der Waals surface area contributed by atoms with Crippen LogP contribution in [0.25, 0.3) is 44.1 Å². The molecule has 1 aliphatic rings. The van der Waals surface area contributed by atoms with E-state index >= 15 is 0 Å². The molecule has 3 heteroatoms. The molecule has 108 valence electrons. The quantitative estimate of drug-likeness (QED) is 0.209. The largest absolute Gasteiger partial charge is 0.277 e. The van der Waals surface area contributed by atoms with E-state index in [9.17, 15) is 10.1 Å². The minimum atomic E-state index is -0.286. The molecule has 0 saturated heterocycles. The molecule has 0 spiro atoms. The zero-order valence-electron chi connectivity index (χ0n) is 12.1. The van der Waals surface area contributed by atoms with Crippen LogP contribution in [-0.2, 0) is 0 Å². The van der Waals surface area contributed by atoms with Gasteiger partial charge < -0.3 is 0 Å². The highest BCUT2D eigenvalue weighted by atomic mass is 16.6. The van der Waals surface area contributed by atoms with Crippen LogP contribution >= 0.6 is 0 Å². The lowest BCUT2D eigenvalue weighted by Gasteiger charge is -2.09. The Kier molecular flexibility index (Phi) is 2.24. The van der Waals surface area contributed by atoms with Crippen LogP contribution in [0.2, 0.25) is 0 Å². The first-order valence-electron chi connectivity index (χ1n) is 7.48. The average molecular weight is 297 g/mol. The zero-order chi connectivity index (χ0) is 15.6. The Morgan fingerprint density at radius 1 is 0.783 bits per heavy atom. The Hall–Kier alpha value is -3.20. The highest BCUT2D eigenvalue weighted by Gasteiger charge is 2.26. The fraction of sp³-hybridized carbons (Fsp3) is 0. The Labute approximate surface area is 131 Å². The number of nitro groups is 1. The van der Waals surface area contributed by atoms with Crippen molar-refractivity contribution in [1.29, 1.82) is 0 Å². The molecule has 4 aromatic rings. The monoisotopic (exact) mass is 297 g/mol. The molecule has 4 aromatic carbocycles. The summed E-state index contributed by atoms with van der Waals surface area (Å²) in [5.74, 6) is 0. The Morgan fingerprint density at radius 3 is 2.39 bits per heavy atom. The second kappa shape index (κ2) is 4.17. The molecule has 0 aromatic heterocycles. The molecule has 5 rings (SSSR count). The highest BCUT2D eigenvalue weighted by molar-refractivity contribution is 6.22. The van der Waals surface area contributed by atoms with Crippen molar-refractivity contribution in [3.63, 3.8) is 0 Å². The fourth-order valence-corrected chi connectivity index (χ4v) is 3.72. The van der Waals surface area contributed by atoms with E-state index in [0.29, 0.717) is 0 Å². The van der Waals surface area contributed by atoms with E-state index in [-0.39, 0.29) is 10.6 Å². The van der Waals surface area contributed by atoms with E-state index < -0.39 is 0 Å². The first kappa shape index (κ1) is 12.4. The summed E-state index contributed by atoms with van der Waals surface area (Å²) in [6.45, 7) is 0. The van der Waals surface area contributed by atoms with Crippen molar-refractivity contribution in [2.24, 2.45) is 0 Å². The topological polar surface area (TPSA) is 43.1 Å². The molecule has 0 atom stereocenters. The van der Waals surface area contributed by atoms with Gasteiger partial charge in [-0.2, -0.15) is 0 Å². The molecule has 0 amide bonds. The van der Waals surface area contributed by atoms with Gasteiger partial charge in [-0.25, -0.2) is 0 Å². The van der Waals surface area contributed by atoms with Gasteiger partial charge in [-0.3, -0.25) is 10.1 Å². The Balaban J connectivity index is 2.09. The number of benzene rings is 4. The summed E-state index contributed by atoms with van der Waals surface area (Å²) >= 11 is 0. The van der Waals surface area contributed by atoms with Crippen LogP contribution < -0.4 is 0 Å². The molecule has 0 N–H and O–H groups in total. The number of hydrogen-bond acceptors (Lipinski definition) is 2. The van der Waals surface area contributed by atoms with Gasteiger partial charge in [0.15, 0.2) is 0 Å². The van der Waals surface area contributed by atoms with Crippen LogP contribution in [0.1, 0.15) is 11.1 Å². The minimum absolute atomic E-state index is 0.186. The summed E-state index contributed by atoms with van der Waals surface area (Å²) in [4.78, 5) is 11.2. The lowest BCUT2D eigenvalue weighted by atomic mass is 9.93. The van der Waals surface area contributed by atoms with Gasteiger partial charge in [0.2, 0.25) is 0 Å². The van der Waals surface area contributed by atoms with E-state index in [0.717, 1.165) is 43.4 Å². The highest BCUT2D eigenvalue weighted by Crippen LogP contribution is 2.42. The van der Waals surface area contributed by atoms with Crippen molar-refractivity contribution in [1.82, 2.24) is 0 Å². The predicted octanol–water partition coefficient (Wildman–Crippen LogP) is 5.23. The van der Waals surface area contributed by atoms with Crippen molar-refractivity contribution in [2.75, 3.05) is 0 Å². The third kappa shape index (κ3) is 1.53. The van der Waals surface area contributed by atoms with Crippen molar-refractivity contribution in [3.05, 3.63) is 81.9 Å². The molecule has 1 aliphatic carbocycles. The average Bonchev–Trinajstić information content (AvgIpc) is 2.96. The maximum absolute atomic E-state index is 11.4. The standard InChI is InChI=1S/C20H11NO2/c22-21(23)18-11-17-19-14(9-8-12-4-1-2-6-15(12)19)10-13-5-3-7-16(18)20(13)17/h1-11H. The maximum Gasteiger partial charge on any atom is 0.277 e. The van der Waals surface area contributed by atoms with Crippen molar-refractivity contribution >= 4 is 44.1 Å². The molecule has 0 aliphatic heterocycles. The first-order chi connectivity index (χ1) is 11.2. The van der Waals surface area contributed by atoms with Gasteiger partial charge in [0.1, 0.15) is 0 Å². The van der Waals surface area contributed by atoms with E-state index in [1.54, 1.807) is 6.08 Å². The number of fused-ring (bicyclic) bond motifs is 4. The molecule has 0 bridgehead atoms. The number of nitrogens with zero attached hydrogens (tertiary/aromatic N) is 1. The Bertz CT molecular complexity index is 1190. The summed E-state index contributed by atoms with van der Waals surface area (Å²) < 4.78 is 0. The van der Waals surface area contributed by atoms with Crippen LogP contribution in [0, 0.1) is 10.1 Å². The summed E-state index contributed by atoms with van der Waals surface area (Å²) in [6, 6.07) is 20.3. The van der Waals surface area contributed by atoms with Crippen LogP contribution in [0.4, 0.5) is 0 Å². The summed E-state index contributed by atoms with van der Waals surface area (Å²) in [7, 11) is 0. The van der Waals surface area contributed by atoms with Gasteiger partial charge in [0.05, 0.1) is 10.5 Å². The van der Waals surface area contributed by atoms with Gasteiger partial charge >= 0.3 is 0 Å². The zero-order valence-corrected chi connectivity index (χ0v) is 12.1. The maximum atomic E-state index is 11.4. The number of hydrogen-bond donors (Lipinski definition) is 0. The smallest absolute Gasteiger partial charge is 0.258 e.